The van der Waals surface area contributed by atoms with Gasteiger partial charge in [0.25, 0.3) is 0 Å². The summed E-state index contributed by atoms with van der Waals surface area (Å²) >= 11 is 0. The molecule has 7 heteroatoms. The van der Waals surface area contributed by atoms with E-state index in [1.807, 2.05) is 49.3 Å². The van der Waals surface area contributed by atoms with Crippen molar-refractivity contribution >= 4 is 39.8 Å². The number of nitrogens with zero attached hydrogens (tertiary/aromatic N) is 3. The van der Waals surface area contributed by atoms with Crippen molar-refractivity contribution in [3.05, 3.63) is 65.7 Å². The molecule has 0 atom stereocenters. The summed E-state index contributed by atoms with van der Waals surface area (Å²) < 4.78 is 0. The van der Waals surface area contributed by atoms with Crippen LogP contribution < -0.4 is 4.90 Å². The molecule has 27 heavy (non-hydrogen) atoms. The van der Waals surface area contributed by atoms with Gasteiger partial charge in [-0.15, -0.1) is 10.2 Å². The molecule has 0 radical (unpaired) electrons. The predicted octanol–water partition coefficient (Wildman–Crippen LogP) is 4.72. The summed E-state index contributed by atoms with van der Waals surface area (Å²) in [6.07, 6.45) is 0. The van der Waals surface area contributed by atoms with Crippen LogP contribution >= 0.6 is 0 Å². The van der Waals surface area contributed by atoms with Crippen LogP contribution in [0.2, 0.25) is 0 Å². The molecular weight excluding hydrogens is 346 g/mol. The van der Waals surface area contributed by atoms with Crippen LogP contribution in [-0.2, 0) is 0 Å². The van der Waals surface area contributed by atoms with E-state index in [0.29, 0.717) is 5.69 Å². The summed E-state index contributed by atoms with van der Waals surface area (Å²) in [5.41, 5.74) is 1.38. The molecule has 3 aromatic rings. The number of carboxylic acids is 2. The zero-order valence-electron chi connectivity index (χ0n) is 14.7. The standard InChI is InChI=1S/C20H17N3O4/c1-23(2)18-8-4-5-13-14(18)6-3-7-16(13)21-22-17-10-9-12(19(24)25)11-15(17)20(26)27/h3-11H,1-2H3,(H,24,25)(H,26,27). The molecule has 7 nitrogen and oxygen atoms in total. The Morgan fingerprint density at radius 1 is 0.815 bits per heavy atom. The van der Waals surface area contributed by atoms with Crippen molar-refractivity contribution in [1.82, 2.24) is 0 Å². The van der Waals surface area contributed by atoms with E-state index >= 15 is 0 Å². The summed E-state index contributed by atoms with van der Waals surface area (Å²) in [4.78, 5) is 24.5. The van der Waals surface area contributed by atoms with Crippen molar-refractivity contribution in [3.63, 3.8) is 0 Å². The third-order valence-corrected chi connectivity index (χ3v) is 4.10. The van der Waals surface area contributed by atoms with Crippen LogP contribution in [0.25, 0.3) is 10.8 Å². The van der Waals surface area contributed by atoms with Crippen LogP contribution in [0.4, 0.5) is 17.1 Å². The van der Waals surface area contributed by atoms with E-state index in [1.54, 1.807) is 6.07 Å². The molecule has 0 unspecified atom stereocenters. The number of anilines is 1. The molecule has 0 bridgehead atoms. The van der Waals surface area contributed by atoms with Crippen LogP contribution in [0.3, 0.4) is 0 Å². The minimum atomic E-state index is -1.26. The van der Waals surface area contributed by atoms with Crippen molar-refractivity contribution in [2.75, 3.05) is 19.0 Å². The average molecular weight is 363 g/mol. The number of hydrogen-bond donors (Lipinski definition) is 2. The van der Waals surface area contributed by atoms with Crippen LogP contribution in [0, 0.1) is 0 Å². The Morgan fingerprint density at radius 3 is 2.15 bits per heavy atom. The second-order valence-corrected chi connectivity index (χ2v) is 6.09. The Bertz CT molecular complexity index is 1070. The fraction of sp³-hybridized carbons (Fsp3) is 0.100. The van der Waals surface area contributed by atoms with E-state index in [1.165, 1.54) is 12.1 Å². The molecule has 0 aromatic heterocycles. The lowest BCUT2D eigenvalue weighted by atomic mass is 10.1. The van der Waals surface area contributed by atoms with E-state index in [-0.39, 0.29) is 16.8 Å². The zero-order chi connectivity index (χ0) is 19.6. The summed E-state index contributed by atoms with van der Waals surface area (Å²) in [5.74, 6) is -2.47. The van der Waals surface area contributed by atoms with Crippen molar-refractivity contribution in [2.45, 2.75) is 0 Å². The largest absolute Gasteiger partial charge is 0.478 e. The van der Waals surface area contributed by atoms with E-state index in [4.69, 9.17) is 5.11 Å². The monoisotopic (exact) mass is 363 g/mol. The number of benzene rings is 3. The lowest BCUT2D eigenvalue weighted by molar-refractivity contribution is 0.0696. The topological polar surface area (TPSA) is 103 Å². The Labute approximate surface area is 155 Å². The molecule has 0 amide bonds. The van der Waals surface area contributed by atoms with Crippen molar-refractivity contribution in [1.29, 1.82) is 0 Å². The van der Waals surface area contributed by atoms with Crippen LogP contribution in [0.5, 0.6) is 0 Å². The van der Waals surface area contributed by atoms with Gasteiger partial charge in [0.15, 0.2) is 0 Å². The van der Waals surface area contributed by atoms with Gasteiger partial charge in [0.1, 0.15) is 5.69 Å². The highest BCUT2D eigenvalue weighted by atomic mass is 16.4. The van der Waals surface area contributed by atoms with Gasteiger partial charge in [-0.25, -0.2) is 9.59 Å². The van der Waals surface area contributed by atoms with Crippen molar-refractivity contribution < 1.29 is 19.8 Å². The molecular formula is C20H17N3O4. The van der Waals surface area contributed by atoms with Gasteiger partial charge in [0.2, 0.25) is 0 Å². The second-order valence-electron chi connectivity index (χ2n) is 6.09. The predicted molar refractivity (Wildman–Crippen MR) is 103 cm³/mol. The highest BCUT2D eigenvalue weighted by Crippen LogP contribution is 2.33. The van der Waals surface area contributed by atoms with Gasteiger partial charge in [-0.1, -0.05) is 24.3 Å². The molecule has 0 aliphatic rings. The highest BCUT2D eigenvalue weighted by Gasteiger charge is 2.14. The molecule has 0 aliphatic heterocycles. The molecule has 0 spiro atoms. The average Bonchev–Trinajstić information content (AvgIpc) is 2.65. The molecule has 0 saturated carbocycles. The first-order valence-corrected chi connectivity index (χ1v) is 8.10. The Balaban J connectivity index is 2.08. The number of carbonyl (C=O) groups is 2. The lowest BCUT2D eigenvalue weighted by Gasteiger charge is -2.15. The maximum atomic E-state index is 11.4. The quantitative estimate of drug-likeness (QED) is 0.639. The maximum absolute atomic E-state index is 11.4. The summed E-state index contributed by atoms with van der Waals surface area (Å²) in [6.45, 7) is 0. The van der Waals surface area contributed by atoms with E-state index < -0.39 is 11.9 Å². The number of hydrogen-bond acceptors (Lipinski definition) is 5. The number of aromatic carboxylic acids is 2. The first-order chi connectivity index (χ1) is 12.9. The fourth-order valence-electron chi connectivity index (χ4n) is 2.79. The molecule has 0 fully saturated rings. The Hall–Kier alpha value is -3.74. The van der Waals surface area contributed by atoms with Crippen LogP contribution in [-0.4, -0.2) is 36.2 Å². The first-order valence-electron chi connectivity index (χ1n) is 8.10. The molecule has 0 heterocycles. The third kappa shape index (κ3) is 3.62. The van der Waals surface area contributed by atoms with Gasteiger partial charge < -0.3 is 15.1 Å². The van der Waals surface area contributed by atoms with Gasteiger partial charge in [-0.05, 0) is 30.3 Å². The van der Waals surface area contributed by atoms with Gasteiger partial charge in [0, 0.05) is 30.6 Å². The summed E-state index contributed by atoms with van der Waals surface area (Å²) in [5, 5.41) is 28.5. The number of carboxylic acid groups (broad SMARTS) is 2. The minimum Gasteiger partial charge on any atom is -0.478 e. The zero-order valence-corrected chi connectivity index (χ0v) is 14.7. The van der Waals surface area contributed by atoms with Crippen LogP contribution in [0.15, 0.2) is 64.8 Å². The Kier molecular flexibility index (Phi) is 4.85. The normalized spacial score (nSPS) is 11.0. The van der Waals surface area contributed by atoms with E-state index in [0.717, 1.165) is 22.5 Å². The van der Waals surface area contributed by atoms with Gasteiger partial charge >= 0.3 is 11.9 Å². The molecule has 2 N–H and O–H groups in total. The molecule has 3 rings (SSSR count). The first kappa shape index (κ1) is 18.1. The second kappa shape index (κ2) is 7.25. The van der Waals surface area contributed by atoms with Crippen molar-refractivity contribution in [2.24, 2.45) is 10.2 Å². The summed E-state index contributed by atoms with van der Waals surface area (Å²) in [7, 11) is 3.90. The molecule has 0 saturated heterocycles. The lowest BCUT2D eigenvalue weighted by Crippen LogP contribution is -2.08. The van der Waals surface area contributed by atoms with E-state index in [9.17, 15) is 14.7 Å². The fourth-order valence-corrected chi connectivity index (χ4v) is 2.79. The number of fused-ring (bicyclic) bond motifs is 1. The molecule has 136 valence electrons. The van der Waals surface area contributed by atoms with Gasteiger partial charge in [0.05, 0.1) is 16.8 Å². The molecule has 3 aromatic carbocycles. The van der Waals surface area contributed by atoms with Crippen LogP contribution in [0.1, 0.15) is 20.7 Å². The smallest absolute Gasteiger partial charge is 0.337 e. The number of rotatable bonds is 5. The van der Waals surface area contributed by atoms with Crippen molar-refractivity contribution in [3.8, 4) is 0 Å². The molecule has 0 aliphatic carbocycles. The third-order valence-electron chi connectivity index (χ3n) is 4.10. The minimum absolute atomic E-state index is 0.0910. The summed E-state index contributed by atoms with van der Waals surface area (Å²) in [6, 6.07) is 15.2. The SMILES string of the molecule is CN(C)c1cccc2c(N=Nc3ccc(C(=O)O)cc3C(=O)O)cccc12. The van der Waals surface area contributed by atoms with E-state index in [2.05, 4.69) is 10.2 Å². The Morgan fingerprint density at radius 2 is 1.48 bits per heavy atom. The maximum Gasteiger partial charge on any atom is 0.337 e. The number of azo groups is 1. The van der Waals surface area contributed by atoms with Gasteiger partial charge in [-0.3, -0.25) is 0 Å². The van der Waals surface area contributed by atoms with Gasteiger partial charge in [-0.2, -0.15) is 0 Å². The highest BCUT2D eigenvalue weighted by molar-refractivity contribution is 6.01.